The van der Waals surface area contributed by atoms with Gasteiger partial charge in [0.25, 0.3) is 5.91 Å². The molecule has 2 saturated carbocycles. The highest BCUT2D eigenvalue weighted by Gasteiger charge is 2.78. The van der Waals surface area contributed by atoms with Crippen molar-refractivity contribution in [1.82, 2.24) is 5.32 Å². The van der Waals surface area contributed by atoms with Gasteiger partial charge in [0.2, 0.25) is 6.10 Å². The molecular formula is C67H89NO17. The van der Waals surface area contributed by atoms with Crippen LogP contribution in [0.2, 0.25) is 0 Å². The third-order valence-corrected chi connectivity index (χ3v) is 18.7. The quantitative estimate of drug-likeness (QED) is 0.0228. The standard InChI is InChI=1S/C67H89NO17/c1-7-8-9-10-11-12-13-14-15-16-17-18-19-20-30-37-52-78-40-48(81-52)41-79-63(76)83-56(54(45-31-24-21-25-32-45)68-60(73)46-33-26-22-27-34-46)62(75)82-49-39-67(77)59(84-61(74)47-35-28-23-29-36-47)57-65(6,58(72)55(71)53(43(49)2)64(67,4)5)50(70)38-51-66(57,42-80-51)85-44(3)69/h21-29,31-36,48-52,54-57,59,70-71,77H,7-20,30,37-42H2,1-6H3,(H,68,73)/t48?,49-,50-,51+,52?,54-,55+,56+,57-,59-,65+,66-,67+/m0/s1. The highest BCUT2D eigenvalue weighted by atomic mass is 16.8. The number of aliphatic hydroxyl groups excluding tert-OH is 2. The van der Waals surface area contributed by atoms with E-state index in [1.165, 1.54) is 103 Å². The van der Waals surface area contributed by atoms with E-state index >= 15 is 9.59 Å². The van der Waals surface area contributed by atoms with Crippen LogP contribution in [0.25, 0.3) is 0 Å². The van der Waals surface area contributed by atoms with Crippen LogP contribution < -0.4 is 5.32 Å². The summed E-state index contributed by atoms with van der Waals surface area (Å²) in [6.07, 6.45) is 6.00. The number of unbranched alkanes of at least 4 members (excludes halogenated alkanes) is 14. The Bertz CT molecular complexity index is 2770. The number of benzene rings is 3. The fraction of sp³-hybridized carbons (Fsp3) is 0.612. The first kappa shape index (κ1) is 65.0. The zero-order valence-corrected chi connectivity index (χ0v) is 50.3. The van der Waals surface area contributed by atoms with Crippen LogP contribution in [-0.2, 0) is 52.3 Å². The molecule has 0 spiro atoms. The molecule has 2 saturated heterocycles. The molecule has 464 valence electrons. The maximum Gasteiger partial charge on any atom is 0.509 e. The number of amides is 1. The van der Waals surface area contributed by atoms with Crippen LogP contribution in [0.15, 0.2) is 102 Å². The van der Waals surface area contributed by atoms with Gasteiger partial charge < -0.3 is 58.5 Å². The number of ether oxygens (including phenoxy) is 8. The molecule has 2 aliphatic heterocycles. The fourth-order valence-electron chi connectivity index (χ4n) is 13.8. The van der Waals surface area contributed by atoms with Crippen LogP contribution in [0.3, 0.4) is 0 Å². The minimum atomic E-state index is -2.45. The third kappa shape index (κ3) is 14.5. The van der Waals surface area contributed by atoms with E-state index in [4.69, 9.17) is 37.9 Å². The van der Waals surface area contributed by atoms with Gasteiger partial charge in [0.05, 0.1) is 36.2 Å². The van der Waals surface area contributed by atoms with Gasteiger partial charge in [-0.2, -0.15) is 0 Å². The van der Waals surface area contributed by atoms with Gasteiger partial charge >= 0.3 is 24.1 Å². The maximum absolute atomic E-state index is 15.4. The topological polar surface area (TPSA) is 249 Å². The lowest BCUT2D eigenvalue weighted by molar-refractivity contribution is -0.346. The summed E-state index contributed by atoms with van der Waals surface area (Å²) >= 11 is 0. The first-order valence-electron chi connectivity index (χ1n) is 30.9. The Balaban J connectivity index is 1.02. The number of nitrogens with one attached hydrogen (secondary N) is 1. The Hall–Kier alpha value is -6.02. The van der Waals surface area contributed by atoms with Crippen LogP contribution >= 0.6 is 0 Å². The highest BCUT2D eigenvalue weighted by molar-refractivity contribution is 5.96. The van der Waals surface area contributed by atoms with Gasteiger partial charge in [-0.25, -0.2) is 14.4 Å². The third-order valence-electron chi connectivity index (χ3n) is 18.7. The largest absolute Gasteiger partial charge is 0.509 e. The van der Waals surface area contributed by atoms with Gasteiger partial charge in [-0.3, -0.25) is 14.4 Å². The number of fused-ring (bicyclic) bond motifs is 5. The Kier molecular flexibility index (Phi) is 22.3. The van der Waals surface area contributed by atoms with Crippen molar-refractivity contribution in [2.75, 3.05) is 19.8 Å². The number of carbonyl (C=O) groups is 6. The lowest BCUT2D eigenvalue weighted by atomic mass is 9.44. The number of carbonyl (C=O) groups excluding carboxylic acids is 6. The molecule has 4 fully saturated rings. The second-order valence-electron chi connectivity index (χ2n) is 24.7. The van der Waals surface area contributed by atoms with Crippen LogP contribution in [0.1, 0.15) is 189 Å². The van der Waals surface area contributed by atoms with Crippen molar-refractivity contribution in [2.24, 2.45) is 16.7 Å². The summed E-state index contributed by atoms with van der Waals surface area (Å²) in [7, 11) is 0. The molecule has 85 heavy (non-hydrogen) atoms. The molecule has 5 aliphatic rings. The predicted octanol–water partition coefficient (Wildman–Crippen LogP) is 10.3. The Morgan fingerprint density at radius 3 is 1.87 bits per heavy atom. The van der Waals surface area contributed by atoms with Crippen molar-refractivity contribution in [3.63, 3.8) is 0 Å². The van der Waals surface area contributed by atoms with Gasteiger partial charge in [-0.15, -0.1) is 0 Å². The Morgan fingerprint density at radius 1 is 0.741 bits per heavy atom. The van der Waals surface area contributed by atoms with Gasteiger partial charge in [0, 0.05) is 30.7 Å². The van der Waals surface area contributed by atoms with Crippen molar-refractivity contribution in [3.05, 3.63) is 119 Å². The van der Waals surface area contributed by atoms with E-state index in [0.29, 0.717) is 12.0 Å². The molecule has 18 heteroatoms. The van der Waals surface area contributed by atoms with Crippen LogP contribution in [0.4, 0.5) is 4.79 Å². The second-order valence-corrected chi connectivity index (χ2v) is 24.7. The number of aliphatic hydroxyl groups is 3. The van der Waals surface area contributed by atoms with Gasteiger partial charge in [0.15, 0.2) is 17.7 Å². The molecule has 2 unspecified atom stereocenters. The van der Waals surface area contributed by atoms with Gasteiger partial charge in [-0.05, 0) is 67.7 Å². The second kappa shape index (κ2) is 29.1. The van der Waals surface area contributed by atoms with E-state index in [1.807, 2.05) is 0 Å². The molecule has 3 aromatic carbocycles. The van der Waals surface area contributed by atoms with Gasteiger partial charge in [0.1, 0.15) is 48.8 Å². The highest BCUT2D eigenvalue weighted by Crippen LogP contribution is 2.64. The molecule has 0 radical (unpaired) electrons. The van der Waals surface area contributed by atoms with Crippen molar-refractivity contribution in [1.29, 1.82) is 0 Å². The van der Waals surface area contributed by atoms with Crippen LogP contribution in [0, 0.1) is 16.7 Å². The molecule has 4 N–H and O–H groups in total. The molecule has 3 aromatic rings. The smallest absolute Gasteiger partial charge is 0.455 e. The number of hydrogen-bond donors (Lipinski definition) is 4. The molecular weight excluding hydrogens is 1090 g/mol. The van der Waals surface area contributed by atoms with E-state index < -0.39 is 125 Å². The summed E-state index contributed by atoms with van der Waals surface area (Å²) in [5.41, 5.74) is -7.42. The summed E-state index contributed by atoms with van der Waals surface area (Å²) < 4.78 is 48.5. The van der Waals surface area contributed by atoms with Crippen molar-refractivity contribution in [3.8, 4) is 0 Å². The van der Waals surface area contributed by atoms with E-state index in [-0.39, 0.29) is 48.5 Å². The predicted molar refractivity (Wildman–Crippen MR) is 313 cm³/mol. The monoisotopic (exact) mass is 1180 g/mol. The zero-order chi connectivity index (χ0) is 60.9. The first-order chi connectivity index (χ1) is 40.8. The molecule has 8 rings (SSSR count). The molecule has 1 amide bonds. The van der Waals surface area contributed by atoms with Crippen molar-refractivity contribution >= 4 is 35.8 Å². The van der Waals surface area contributed by atoms with Crippen LogP contribution in [-0.4, -0.2) is 131 Å². The average molecular weight is 1180 g/mol. The Labute approximate surface area is 500 Å². The SMILES string of the molecule is CCCCCCCCCCCCCCCCCC1OCC(COC(=O)O[C@@H](C(=O)O[C@H]2C[C@@]3(O)[C@@H](OC(=O)c4ccccc4)[C@@H]4[C@]5(OC(C)=O)CO[C@@H]5C[C@H](O)[C@@]4(C)C(=O)[C@H](O)C(=C2C)C3(C)C)[C@@H](NC(=O)c2ccccc2)c2ccccc2)O1. The van der Waals surface area contributed by atoms with E-state index in [1.54, 1.807) is 92.7 Å². The average Bonchev–Trinajstić information content (AvgIpc) is 0.828. The van der Waals surface area contributed by atoms with Crippen LogP contribution in [0.5, 0.6) is 0 Å². The molecule has 2 heterocycles. The molecule has 2 bridgehead atoms. The van der Waals surface area contributed by atoms with Crippen molar-refractivity contribution in [2.45, 2.75) is 223 Å². The van der Waals surface area contributed by atoms with E-state index in [9.17, 15) is 34.5 Å². The maximum atomic E-state index is 15.4. The summed E-state index contributed by atoms with van der Waals surface area (Å²) in [6.45, 7) is 8.92. The summed E-state index contributed by atoms with van der Waals surface area (Å²) in [5, 5.41) is 41.4. The van der Waals surface area contributed by atoms with Crippen molar-refractivity contribution < 1.29 is 82.0 Å². The fourth-order valence-corrected chi connectivity index (χ4v) is 13.8. The summed E-state index contributed by atoms with van der Waals surface area (Å²) in [5.74, 6) is -6.14. The normalized spacial score (nSPS) is 29.1. The van der Waals surface area contributed by atoms with E-state index in [0.717, 1.165) is 26.2 Å². The Morgan fingerprint density at radius 2 is 1.31 bits per heavy atom. The van der Waals surface area contributed by atoms with E-state index in [2.05, 4.69) is 12.2 Å². The molecule has 13 atom stereocenters. The molecule has 3 aliphatic carbocycles. The first-order valence-corrected chi connectivity index (χ1v) is 30.9. The molecule has 0 aromatic heterocycles. The minimum absolute atomic E-state index is 0.0580. The van der Waals surface area contributed by atoms with Gasteiger partial charge in [-0.1, -0.05) is 177 Å². The lowest BCUT2D eigenvalue weighted by Gasteiger charge is -2.67. The molecule has 18 nitrogen and oxygen atoms in total. The zero-order valence-electron chi connectivity index (χ0n) is 50.3. The summed E-state index contributed by atoms with van der Waals surface area (Å²) in [4.78, 5) is 86.5. The number of ketones is 1. The number of esters is 3. The number of Topliss-reactive ketones (excluding diaryl/α,β-unsaturated/α-hetero) is 1. The number of hydrogen-bond acceptors (Lipinski definition) is 17. The number of rotatable bonds is 28. The lowest BCUT2D eigenvalue weighted by Crippen LogP contribution is -2.81. The minimum Gasteiger partial charge on any atom is -0.455 e. The summed E-state index contributed by atoms with van der Waals surface area (Å²) in [6, 6.07) is 22.9.